The summed E-state index contributed by atoms with van der Waals surface area (Å²) >= 11 is 0. The first-order chi connectivity index (χ1) is 12.3. The Labute approximate surface area is 151 Å². The van der Waals surface area contributed by atoms with Gasteiger partial charge >= 0.3 is 5.97 Å². The molecule has 2 rings (SSSR count). The highest BCUT2D eigenvalue weighted by molar-refractivity contribution is 7.85. The van der Waals surface area contributed by atoms with Crippen LogP contribution in [0.5, 0.6) is 0 Å². The summed E-state index contributed by atoms with van der Waals surface area (Å²) in [5, 5.41) is 2.22. The minimum absolute atomic E-state index is 0.0975. The molecule has 138 valence electrons. The quantitative estimate of drug-likeness (QED) is 0.780. The molecule has 0 aromatic heterocycles. The second-order valence-electron chi connectivity index (χ2n) is 5.29. The predicted molar refractivity (Wildman–Crippen MR) is 93.3 cm³/mol. The van der Waals surface area contributed by atoms with E-state index in [1.54, 1.807) is 25.1 Å². The molecule has 2 aromatic rings. The fourth-order valence-electron chi connectivity index (χ4n) is 2.09. The zero-order valence-corrected chi connectivity index (χ0v) is 14.9. The Morgan fingerprint density at radius 3 is 2.54 bits per heavy atom. The van der Waals surface area contributed by atoms with Gasteiger partial charge in [0.25, 0.3) is 5.91 Å². The molecule has 0 unspecified atom stereocenters. The number of benzene rings is 2. The van der Waals surface area contributed by atoms with Crippen molar-refractivity contribution >= 4 is 28.4 Å². The van der Waals surface area contributed by atoms with Crippen LogP contribution in [0.2, 0.25) is 0 Å². The molecule has 1 amide bonds. The minimum Gasteiger partial charge on any atom is -0.449 e. The Balaban J connectivity index is 2.09. The van der Waals surface area contributed by atoms with E-state index in [2.05, 4.69) is 5.32 Å². The van der Waals surface area contributed by atoms with Gasteiger partial charge in [-0.05, 0) is 31.2 Å². The lowest BCUT2D eigenvalue weighted by molar-refractivity contribution is -0.123. The maximum absolute atomic E-state index is 13.6. The number of hydrogen-bond acceptors (Lipinski definition) is 4. The second-order valence-corrected chi connectivity index (χ2v) is 7.00. The highest BCUT2D eigenvalue weighted by Crippen LogP contribution is 2.18. The van der Waals surface area contributed by atoms with E-state index in [1.165, 1.54) is 13.0 Å². The fourth-order valence-corrected chi connectivity index (χ4v) is 3.03. The molecule has 0 aliphatic heterocycles. The molecule has 2 atom stereocenters. The maximum atomic E-state index is 13.6. The molecule has 2 aromatic carbocycles. The average molecular weight is 381 g/mol. The lowest BCUT2D eigenvalue weighted by Gasteiger charge is -2.15. The highest BCUT2D eigenvalue weighted by atomic mass is 32.2. The number of nitrogens with one attached hydrogen (secondary N) is 1. The molecule has 0 saturated heterocycles. The highest BCUT2D eigenvalue weighted by Gasteiger charge is 2.22. The molecule has 0 spiro atoms. The first kappa shape index (κ1) is 19.7. The van der Waals surface area contributed by atoms with Crippen molar-refractivity contribution in [1.29, 1.82) is 0 Å². The van der Waals surface area contributed by atoms with Gasteiger partial charge in [0, 0.05) is 11.8 Å². The molecular weight excluding hydrogens is 364 g/mol. The zero-order valence-electron chi connectivity index (χ0n) is 14.1. The summed E-state index contributed by atoms with van der Waals surface area (Å²) in [6, 6.07) is 8.92. The van der Waals surface area contributed by atoms with Crippen LogP contribution in [0, 0.1) is 11.6 Å². The number of carbonyl (C=O) groups is 2. The second kappa shape index (κ2) is 8.66. The molecule has 0 heterocycles. The van der Waals surface area contributed by atoms with E-state index >= 15 is 0 Å². The summed E-state index contributed by atoms with van der Waals surface area (Å²) < 4.78 is 43.6. The van der Waals surface area contributed by atoms with Crippen molar-refractivity contribution in [3.05, 3.63) is 59.7 Å². The Kier molecular flexibility index (Phi) is 6.57. The van der Waals surface area contributed by atoms with E-state index in [4.69, 9.17) is 4.74 Å². The Morgan fingerprint density at radius 1 is 1.19 bits per heavy atom. The van der Waals surface area contributed by atoms with Crippen LogP contribution >= 0.6 is 0 Å². The van der Waals surface area contributed by atoms with Gasteiger partial charge in [-0.15, -0.1) is 0 Å². The van der Waals surface area contributed by atoms with Crippen LogP contribution in [-0.2, 0) is 20.3 Å². The molecule has 0 fully saturated rings. The third-order valence-electron chi connectivity index (χ3n) is 3.46. The molecule has 0 aliphatic rings. The van der Waals surface area contributed by atoms with Gasteiger partial charge in [0.2, 0.25) is 0 Å². The van der Waals surface area contributed by atoms with Crippen LogP contribution in [0.1, 0.15) is 24.2 Å². The van der Waals surface area contributed by atoms with Crippen molar-refractivity contribution in [2.45, 2.75) is 24.8 Å². The summed E-state index contributed by atoms with van der Waals surface area (Å²) in [6.07, 6.45) is -1.24. The summed E-state index contributed by atoms with van der Waals surface area (Å²) in [5.74, 6) is -2.99. The van der Waals surface area contributed by atoms with Crippen LogP contribution in [0.4, 0.5) is 14.5 Å². The summed E-state index contributed by atoms with van der Waals surface area (Å²) in [7, 11) is -1.37. The van der Waals surface area contributed by atoms with Crippen molar-refractivity contribution in [3.63, 3.8) is 0 Å². The van der Waals surface area contributed by atoms with Gasteiger partial charge in [-0.1, -0.05) is 19.1 Å². The van der Waals surface area contributed by atoms with Crippen LogP contribution in [-0.4, -0.2) is 27.9 Å². The van der Waals surface area contributed by atoms with E-state index in [1.807, 2.05) is 0 Å². The number of rotatable bonds is 6. The minimum atomic E-state index is -1.37. The SMILES string of the molecule is CC[S@](=O)c1ccccc1C(=O)O[C@@H](C)C(=O)Nc1ccc(F)cc1F. The van der Waals surface area contributed by atoms with Crippen molar-refractivity contribution in [3.8, 4) is 0 Å². The number of esters is 1. The molecule has 0 radical (unpaired) electrons. The Hall–Kier alpha value is -2.61. The lowest BCUT2D eigenvalue weighted by atomic mass is 10.2. The van der Waals surface area contributed by atoms with Gasteiger partial charge in [0.05, 0.1) is 26.9 Å². The molecule has 26 heavy (non-hydrogen) atoms. The smallest absolute Gasteiger partial charge is 0.340 e. The van der Waals surface area contributed by atoms with Gasteiger partial charge in [-0.3, -0.25) is 9.00 Å². The van der Waals surface area contributed by atoms with Crippen LogP contribution < -0.4 is 5.32 Å². The monoisotopic (exact) mass is 381 g/mol. The van der Waals surface area contributed by atoms with Crippen molar-refractivity contribution in [2.24, 2.45) is 0 Å². The Bertz CT molecular complexity index is 857. The standard InChI is InChI=1S/C18H17F2NO4S/c1-3-26(24)16-7-5-4-6-13(16)18(23)25-11(2)17(22)21-15-9-8-12(19)10-14(15)20/h4-11H,3H2,1-2H3,(H,21,22)/t11-,26-/m0/s1. The molecular formula is C18H17F2NO4S. The van der Waals surface area contributed by atoms with Gasteiger partial charge in [-0.25, -0.2) is 13.6 Å². The first-order valence-electron chi connectivity index (χ1n) is 7.77. The molecule has 1 N–H and O–H groups in total. The predicted octanol–water partition coefficient (Wildman–Crippen LogP) is 3.28. The van der Waals surface area contributed by atoms with Gasteiger partial charge in [-0.2, -0.15) is 0 Å². The maximum Gasteiger partial charge on any atom is 0.340 e. The van der Waals surface area contributed by atoms with Crippen molar-refractivity contribution < 1.29 is 27.3 Å². The summed E-state index contributed by atoms with van der Waals surface area (Å²) in [4.78, 5) is 24.7. The van der Waals surface area contributed by atoms with Gasteiger partial charge < -0.3 is 10.1 Å². The number of anilines is 1. The zero-order chi connectivity index (χ0) is 19.3. The number of hydrogen-bond donors (Lipinski definition) is 1. The number of halogens is 2. The molecule has 0 aliphatic carbocycles. The van der Waals surface area contributed by atoms with E-state index < -0.39 is 40.4 Å². The van der Waals surface area contributed by atoms with E-state index in [0.29, 0.717) is 16.7 Å². The summed E-state index contributed by atoms with van der Waals surface area (Å²) in [5.41, 5.74) is -0.132. The number of ether oxygens (including phenoxy) is 1. The molecule has 5 nitrogen and oxygen atoms in total. The molecule has 8 heteroatoms. The lowest BCUT2D eigenvalue weighted by Crippen LogP contribution is -2.30. The molecule has 0 bridgehead atoms. The van der Waals surface area contributed by atoms with Crippen LogP contribution in [0.15, 0.2) is 47.4 Å². The molecule has 0 saturated carbocycles. The van der Waals surface area contributed by atoms with Crippen molar-refractivity contribution in [2.75, 3.05) is 11.1 Å². The van der Waals surface area contributed by atoms with Crippen LogP contribution in [0.25, 0.3) is 0 Å². The van der Waals surface area contributed by atoms with Gasteiger partial charge in [0.15, 0.2) is 6.10 Å². The first-order valence-corrected chi connectivity index (χ1v) is 9.09. The largest absolute Gasteiger partial charge is 0.449 e. The van der Waals surface area contributed by atoms with E-state index in [-0.39, 0.29) is 11.3 Å². The third-order valence-corrected chi connectivity index (χ3v) is 4.83. The third kappa shape index (κ3) is 4.72. The van der Waals surface area contributed by atoms with E-state index in [0.717, 1.165) is 12.1 Å². The van der Waals surface area contributed by atoms with Crippen LogP contribution in [0.3, 0.4) is 0 Å². The average Bonchev–Trinajstić information content (AvgIpc) is 2.63. The topological polar surface area (TPSA) is 72.5 Å². The fraction of sp³-hybridized carbons (Fsp3) is 0.222. The van der Waals surface area contributed by atoms with Crippen molar-refractivity contribution in [1.82, 2.24) is 0 Å². The summed E-state index contributed by atoms with van der Waals surface area (Å²) in [6.45, 7) is 3.03. The van der Waals surface area contributed by atoms with Gasteiger partial charge in [0.1, 0.15) is 11.6 Å². The Morgan fingerprint density at radius 2 is 1.88 bits per heavy atom. The normalized spacial score (nSPS) is 12.9. The van der Waals surface area contributed by atoms with E-state index in [9.17, 15) is 22.6 Å². The number of carbonyl (C=O) groups excluding carboxylic acids is 2. The number of amides is 1.